The number of carbonyl (C=O) groups is 2. The molecule has 4 saturated carbocycles. The van der Waals surface area contributed by atoms with Crippen molar-refractivity contribution in [3.8, 4) is 23.3 Å². The summed E-state index contributed by atoms with van der Waals surface area (Å²) < 4.78 is 6.11. The second-order valence-corrected chi connectivity index (χ2v) is 12.4. The van der Waals surface area contributed by atoms with Crippen LogP contribution < -0.4 is 4.74 Å². The van der Waals surface area contributed by atoms with Gasteiger partial charge in [-0.3, -0.25) is 0 Å². The smallest absolute Gasteiger partial charge is 0.335 e. The lowest BCUT2D eigenvalue weighted by atomic mass is 9.39. The zero-order valence-electron chi connectivity index (χ0n) is 22.2. The molecule has 0 amide bonds. The number of carboxylic acid groups (broad SMARTS) is 2. The third-order valence-electron chi connectivity index (χ3n) is 9.16. The molecule has 3 aromatic rings. The number of benzene rings is 3. The lowest BCUT2D eigenvalue weighted by Crippen LogP contribution is -2.54. The summed E-state index contributed by atoms with van der Waals surface area (Å²) in [7, 11) is 0. The third-order valence-corrected chi connectivity index (χ3v) is 9.16. The van der Waals surface area contributed by atoms with Gasteiger partial charge in [0.15, 0.2) is 0 Å². The Morgan fingerprint density at radius 2 is 1.18 bits per heavy atom. The Balaban J connectivity index is 1.15. The molecule has 4 fully saturated rings. The van der Waals surface area contributed by atoms with Gasteiger partial charge in [0, 0.05) is 11.1 Å². The van der Waals surface area contributed by atoms with Crippen molar-refractivity contribution in [1.82, 2.24) is 0 Å². The van der Waals surface area contributed by atoms with E-state index in [9.17, 15) is 19.8 Å². The van der Waals surface area contributed by atoms with E-state index in [2.05, 4.69) is 50.0 Å². The summed E-state index contributed by atoms with van der Waals surface area (Å²) in [6.07, 6.45) is 6.90. The lowest BCUT2D eigenvalue weighted by Gasteiger charge is -2.65. The van der Waals surface area contributed by atoms with Crippen molar-refractivity contribution >= 4 is 11.9 Å². The molecule has 5 nitrogen and oxygen atoms in total. The van der Waals surface area contributed by atoms with Crippen molar-refractivity contribution in [1.29, 1.82) is 0 Å². The summed E-state index contributed by atoms with van der Waals surface area (Å²) in [6.45, 7) is 5.05. The molecule has 198 valence electrons. The molecule has 4 aliphatic rings. The van der Waals surface area contributed by atoms with Crippen LogP contribution in [0.15, 0.2) is 66.7 Å². The Kier molecular flexibility index (Phi) is 6.03. The van der Waals surface area contributed by atoms with E-state index >= 15 is 0 Å². The number of ether oxygens (including phenoxy) is 1. The molecule has 5 heteroatoms. The Hall–Kier alpha value is -4.04. The molecule has 2 N–H and O–H groups in total. The Labute approximate surface area is 228 Å². The predicted molar refractivity (Wildman–Crippen MR) is 148 cm³/mol. The second kappa shape index (κ2) is 9.31. The topological polar surface area (TPSA) is 83.8 Å². The van der Waals surface area contributed by atoms with Crippen molar-refractivity contribution in [3.63, 3.8) is 0 Å². The van der Waals surface area contributed by atoms with E-state index in [-0.39, 0.29) is 11.1 Å². The van der Waals surface area contributed by atoms with Crippen molar-refractivity contribution in [2.45, 2.75) is 51.9 Å². The standard InChI is InChI=1S/C34H32O5/c1-33-17-23-13-24(18-33)20-34(2,19-23)30(33)25-7-11-29(12-8-25)39-28-9-5-21(6-10-28)3-4-22-14-26(31(35)36)16-27(15-22)32(37)38/h5-12,14-16,23-24,30H,13,17-20H2,1-2H3,(H,35,36)(H,37,38). The summed E-state index contributed by atoms with van der Waals surface area (Å²) in [5, 5.41) is 18.5. The van der Waals surface area contributed by atoms with E-state index in [0.717, 1.165) is 23.7 Å². The van der Waals surface area contributed by atoms with Gasteiger partial charge in [0.2, 0.25) is 0 Å². The molecule has 4 bridgehead atoms. The summed E-state index contributed by atoms with van der Waals surface area (Å²) >= 11 is 0. The fourth-order valence-electron chi connectivity index (χ4n) is 8.43. The highest BCUT2D eigenvalue weighted by atomic mass is 16.5. The minimum absolute atomic E-state index is 0.111. The van der Waals surface area contributed by atoms with Gasteiger partial charge in [-0.15, -0.1) is 0 Å². The highest BCUT2D eigenvalue weighted by molar-refractivity contribution is 5.94. The number of rotatable bonds is 5. The van der Waals surface area contributed by atoms with E-state index < -0.39 is 11.9 Å². The van der Waals surface area contributed by atoms with E-state index in [0.29, 0.717) is 33.6 Å². The van der Waals surface area contributed by atoms with Crippen LogP contribution in [0.4, 0.5) is 0 Å². The number of hydrogen-bond donors (Lipinski definition) is 2. The van der Waals surface area contributed by atoms with Crippen LogP contribution in [-0.4, -0.2) is 22.2 Å². The molecule has 0 aromatic heterocycles. The summed E-state index contributed by atoms with van der Waals surface area (Å²) in [6, 6.07) is 19.9. The molecular formula is C34H32O5. The van der Waals surface area contributed by atoms with E-state index in [1.54, 1.807) is 0 Å². The minimum Gasteiger partial charge on any atom is -0.478 e. The molecule has 4 aliphatic carbocycles. The molecule has 0 heterocycles. The first-order chi connectivity index (χ1) is 18.6. The van der Waals surface area contributed by atoms with Crippen LogP contribution in [0.3, 0.4) is 0 Å². The van der Waals surface area contributed by atoms with Gasteiger partial charge in [0.1, 0.15) is 11.5 Å². The fraction of sp³-hybridized carbons (Fsp3) is 0.353. The maximum absolute atomic E-state index is 11.3. The van der Waals surface area contributed by atoms with Gasteiger partial charge >= 0.3 is 11.9 Å². The number of aromatic carboxylic acids is 2. The Morgan fingerprint density at radius 1 is 0.718 bits per heavy atom. The van der Waals surface area contributed by atoms with Gasteiger partial charge < -0.3 is 14.9 Å². The highest BCUT2D eigenvalue weighted by Crippen LogP contribution is 2.70. The van der Waals surface area contributed by atoms with Gasteiger partial charge in [-0.1, -0.05) is 37.8 Å². The maximum Gasteiger partial charge on any atom is 0.335 e. The Bertz CT molecular complexity index is 1440. The van der Waals surface area contributed by atoms with Crippen molar-refractivity contribution in [3.05, 3.63) is 94.5 Å². The molecular weight excluding hydrogens is 488 g/mol. The first-order valence-corrected chi connectivity index (χ1v) is 13.6. The van der Waals surface area contributed by atoms with Crippen LogP contribution in [0.2, 0.25) is 0 Å². The molecule has 0 atom stereocenters. The predicted octanol–water partition coefficient (Wildman–Crippen LogP) is 7.60. The molecule has 7 rings (SSSR count). The average molecular weight is 521 g/mol. The maximum atomic E-state index is 11.3. The van der Waals surface area contributed by atoms with Crippen LogP contribution in [0.25, 0.3) is 0 Å². The van der Waals surface area contributed by atoms with Crippen LogP contribution in [0, 0.1) is 34.5 Å². The summed E-state index contributed by atoms with van der Waals surface area (Å²) in [5.41, 5.74) is 3.06. The zero-order chi connectivity index (χ0) is 27.4. The van der Waals surface area contributed by atoms with E-state index in [4.69, 9.17) is 4.74 Å². The normalized spacial score (nSPS) is 28.4. The van der Waals surface area contributed by atoms with Gasteiger partial charge in [0.25, 0.3) is 0 Å². The number of hydrogen-bond acceptors (Lipinski definition) is 3. The van der Waals surface area contributed by atoms with Crippen molar-refractivity contribution in [2.75, 3.05) is 0 Å². The number of carboxylic acids is 2. The molecule has 0 unspecified atom stereocenters. The summed E-state index contributed by atoms with van der Waals surface area (Å²) in [5.74, 6) is 7.37. The molecule has 39 heavy (non-hydrogen) atoms. The lowest BCUT2D eigenvalue weighted by molar-refractivity contribution is -0.116. The van der Waals surface area contributed by atoms with Crippen LogP contribution in [0.5, 0.6) is 11.5 Å². The molecule has 0 saturated heterocycles. The van der Waals surface area contributed by atoms with Gasteiger partial charge in [0.05, 0.1) is 11.1 Å². The van der Waals surface area contributed by atoms with Gasteiger partial charge in [-0.25, -0.2) is 9.59 Å². The van der Waals surface area contributed by atoms with Gasteiger partial charge in [-0.2, -0.15) is 0 Å². The van der Waals surface area contributed by atoms with Crippen molar-refractivity contribution in [2.24, 2.45) is 22.7 Å². The zero-order valence-corrected chi connectivity index (χ0v) is 22.2. The first-order valence-electron chi connectivity index (χ1n) is 13.6. The largest absolute Gasteiger partial charge is 0.478 e. The minimum atomic E-state index is -1.20. The molecule has 0 radical (unpaired) electrons. The quantitative estimate of drug-likeness (QED) is 0.339. The van der Waals surface area contributed by atoms with Crippen molar-refractivity contribution < 1.29 is 24.5 Å². The molecule has 0 spiro atoms. The SMILES string of the molecule is CC12CC3CC(C1)CC(C)(C3)C2c1ccc(Oc2ccc(C#Cc3cc(C(=O)O)cc(C(=O)O)c3)cc2)cc1. The van der Waals surface area contributed by atoms with Gasteiger partial charge in [-0.05, 0) is 121 Å². The summed E-state index contributed by atoms with van der Waals surface area (Å²) in [4.78, 5) is 22.6. The van der Waals surface area contributed by atoms with Crippen LogP contribution in [0.1, 0.15) is 89.3 Å². The monoisotopic (exact) mass is 520 g/mol. The molecule has 0 aliphatic heterocycles. The van der Waals surface area contributed by atoms with Crippen LogP contribution >= 0.6 is 0 Å². The first kappa shape index (κ1) is 25.2. The molecule has 3 aromatic carbocycles. The second-order valence-electron chi connectivity index (χ2n) is 12.4. The van der Waals surface area contributed by atoms with E-state index in [1.807, 2.05) is 24.3 Å². The van der Waals surface area contributed by atoms with E-state index in [1.165, 1.54) is 49.8 Å². The fourth-order valence-corrected chi connectivity index (χ4v) is 8.43. The average Bonchev–Trinajstić information content (AvgIpc) is 2.87. The van der Waals surface area contributed by atoms with Crippen LogP contribution in [-0.2, 0) is 0 Å². The highest BCUT2D eigenvalue weighted by Gasteiger charge is 2.60. The third kappa shape index (κ3) is 4.81. The Morgan fingerprint density at radius 3 is 1.67 bits per heavy atom.